The predicted octanol–water partition coefficient (Wildman–Crippen LogP) is 3.22. The maximum atomic E-state index is 11.1. The van der Waals surface area contributed by atoms with Crippen molar-refractivity contribution in [2.75, 3.05) is 6.61 Å². The monoisotopic (exact) mass is 236 g/mol. The van der Waals surface area contributed by atoms with Gasteiger partial charge in [0.25, 0.3) is 0 Å². The Labute approximate surface area is 103 Å². The Morgan fingerprint density at radius 2 is 1.82 bits per heavy atom. The van der Waals surface area contributed by atoms with Gasteiger partial charge in [-0.05, 0) is 39.8 Å². The molecule has 0 spiro atoms. The van der Waals surface area contributed by atoms with E-state index in [4.69, 9.17) is 9.47 Å². The first kappa shape index (κ1) is 13.6. The van der Waals surface area contributed by atoms with E-state index in [9.17, 15) is 4.79 Å². The number of ketones is 1. The minimum atomic E-state index is -0.515. The van der Waals surface area contributed by atoms with Gasteiger partial charge in [-0.2, -0.15) is 0 Å². The summed E-state index contributed by atoms with van der Waals surface area (Å²) in [5.41, 5.74) is -0.515. The smallest absolute Gasteiger partial charge is 0.162 e. The minimum Gasteiger partial charge on any atom is -0.490 e. The normalized spacial score (nSPS) is 11.1. The summed E-state index contributed by atoms with van der Waals surface area (Å²) in [7, 11) is 0. The molecular weight excluding hydrogens is 216 g/mol. The van der Waals surface area contributed by atoms with Crippen LogP contribution in [-0.4, -0.2) is 18.0 Å². The van der Waals surface area contributed by atoms with Gasteiger partial charge in [0, 0.05) is 6.42 Å². The summed E-state index contributed by atoms with van der Waals surface area (Å²) in [6.07, 6.45) is 0.382. The zero-order chi connectivity index (χ0) is 12.9. The Morgan fingerprint density at radius 1 is 1.24 bits per heavy atom. The van der Waals surface area contributed by atoms with E-state index in [1.54, 1.807) is 6.92 Å². The third-order valence-electron chi connectivity index (χ3n) is 2.21. The molecule has 0 amide bonds. The van der Waals surface area contributed by atoms with Crippen molar-refractivity contribution in [2.24, 2.45) is 0 Å². The Hall–Kier alpha value is -1.51. The van der Waals surface area contributed by atoms with Crippen molar-refractivity contribution in [3.63, 3.8) is 0 Å². The zero-order valence-corrected chi connectivity index (χ0v) is 10.9. The van der Waals surface area contributed by atoms with Crippen LogP contribution in [0.1, 0.15) is 34.1 Å². The Bertz CT molecular complexity index is 383. The van der Waals surface area contributed by atoms with Gasteiger partial charge >= 0.3 is 0 Å². The van der Waals surface area contributed by atoms with Gasteiger partial charge in [0.1, 0.15) is 11.4 Å². The van der Waals surface area contributed by atoms with E-state index >= 15 is 0 Å². The van der Waals surface area contributed by atoms with E-state index in [0.29, 0.717) is 24.5 Å². The van der Waals surface area contributed by atoms with Gasteiger partial charge in [-0.15, -0.1) is 0 Å². The lowest BCUT2D eigenvalue weighted by Gasteiger charge is -2.26. The van der Waals surface area contributed by atoms with Crippen molar-refractivity contribution < 1.29 is 14.3 Å². The fourth-order valence-electron chi connectivity index (χ4n) is 1.74. The molecule has 0 atom stereocenters. The summed E-state index contributed by atoms with van der Waals surface area (Å²) in [6.45, 7) is 7.89. The van der Waals surface area contributed by atoms with Crippen molar-refractivity contribution in [1.82, 2.24) is 0 Å². The van der Waals surface area contributed by atoms with E-state index in [0.717, 1.165) is 0 Å². The number of carbonyl (C=O) groups excluding carboxylic acids is 1. The number of hydrogen-bond donors (Lipinski definition) is 0. The molecule has 0 saturated heterocycles. The Balaban J connectivity index is 2.82. The Morgan fingerprint density at radius 3 is 2.35 bits per heavy atom. The quantitative estimate of drug-likeness (QED) is 0.760. The third-order valence-corrected chi connectivity index (χ3v) is 2.21. The van der Waals surface area contributed by atoms with Crippen LogP contribution in [0.3, 0.4) is 0 Å². The first-order chi connectivity index (χ1) is 7.94. The standard InChI is InChI=1S/C14H20O3/c1-5-16-12-8-6-7-9-13(12)17-14(3,4)10-11(2)15/h6-9H,5,10H2,1-4H3. The summed E-state index contributed by atoms with van der Waals surface area (Å²) in [6, 6.07) is 7.51. The largest absolute Gasteiger partial charge is 0.490 e. The maximum Gasteiger partial charge on any atom is 0.162 e. The predicted molar refractivity (Wildman–Crippen MR) is 67.6 cm³/mol. The SMILES string of the molecule is CCOc1ccccc1OC(C)(C)CC(C)=O. The van der Waals surface area contributed by atoms with Crippen LogP contribution in [0.4, 0.5) is 0 Å². The summed E-state index contributed by atoms with van der Waals surface area (Å²) in [5, 5.41) is 0. The molecule has 0 aliphatic heterocycles. The van der Waals surface area contributed by atoms with Crippen molar-refractivity contribution in [1.29, 1.82) is 0 Å². The van der Waals surface area contributed by atoms with Crippen LogP contribution in [0.5, 0.6) is 11.5 Å². The molecule has 17 heavy (non-hydrogen) atoms. The van der Waals surface area contributed by atoms with Crippen LogP contribution < -0.4 is 9.47 Å². The number of carbonyl (C=O) groups is 1. The number of Topliss-reactive ketones (excluding diaryl/α,β-unsaturated/α-hetero) is 1. The van der Waals surface area contributed by atoms with Crippen LogP contribution in [-0.2, 0) is 4.79 Å². The second kappa shape index (κ2) is 5.71. The lowest BCUT2D eigenvalue weighted by atomic mass is 10.0. The molecule has 1 aromatic carbocycles. The highest BCUT2D eigenvalue weighted by Gasteiger charge is 2.23. The summed E-state index contributed by atoms with van der Waals surface area (Å²) in [5.74, 6) is 1.51. The molecule has 0 aliphatic carbocycles. The molecule has 1 aromatic rings. The minimum absolute atomic E-state index is 0.115. The average molecular weight is 236 g/mol. The molecule has 0 aromatic heterocycles. The van der Waals surface area contributed by atoms with Crippen molar-refractivity contribution in [2.45, 2.75) is 39.7 Å². The first-order valence-corrected chi connectivity index (χ1v) is 5.85. The van der Waals surface area contributed by atoms with Crippen molar-refractivity contribution in [3.8, 4) is 11.5 Å². The van der Waals surface area contributed by atoms with Crippen LogP contribution in [0.15, 0.2) is 24.3 Å². The molecule has 0 fully saturated rings. The highest BCUT2D eigenvalue weighted by molar-refractivity contribution is 5.76. The zero-order valence-electron chi connectivity index (χ0n) is 10.9. The molecule has 3 heteroatoms. The number of ether oxygens (including phenoxy) is 2. The first-order valence-electron chi connectivity index (χ1n) is 5.85. The van der Waals surface area contributed by atoms with E-state index < -0.39 is 5.60 Å². The third kappa shape index (κ3) is 4.47. The maximum absolute atomic E-state index is 11.1. The van der Waals surface area contributed by atoms with E-state index in [1.165, 1.54) is 0 Å². The van der Waals surface area contributed by atoms with Gasteiger partial charge in [0.2, 0.25) is 0 Å². The molecule has 0 bridgehead atoms. The van der Waals surface area contributed by atoms with Crippen LogP contribution in [0.2, 0.25) is 0 Å². The molecule has 1 rings (SSSR count). The van der Waals surface area contributed by atoms with E-state index in [1.807, 2.05) is 45.0 Å². The topological polar surface area (TPSA) is 35.5 Å². The summed E-state index contributed by atoms with van der Waals surface area (Å²) >= 11 is 0. The lowest BCUT2D eigenvalue weighted by Crippen LogP contribution is -2.30. The second-order valence-corrected chi connectivity index (χ2v) is 4.62. The molecule has 3 nitrogen and oxygen atoms in total. The van der Waals surface area contributed by atoms with Crippen LogP contribution >= 0.6 is 0 Å². The van der Waals surface area contributed by atoms with Crippen LogP contribution in [0, 0.1) is 0 Å². The number of rotatable bonds is 6. The number of hydrogen-bond acceptors (Lipinski definition) is 3. The average Bonchev–Trinajstić information content (AvgIpc) is 2.18. The summed E-state index contributed by atoms with van der Waals surface area (Å²) in [4.78, 5) is 11.1. The van der Waals surface area contributed by atoms with Crippen molar-refractivity contribution >= 4 is 5.78 Å². The Kier molecular flexibility index (Phi) is 4.55. The highest BCUT2D eigenvalue weighted by Crippen LogP contribution is 2.30. The van der Waals surface area contributed by atoms with Gasteiger partial charge in [-0.3, -0.25) is 4.79 Å². The van der Waals surface area contributed by atoms with E-state index in [-0.39, 0.29) is 5.78 Å². The molecule has 0 aliphatic rings. The molecule has 94 valence electrons. The number of benzene rings is 1. The van der Waals surface area contributed by atoms with Crippen LogP contribution in [0.25, 0.3) is 0 Å². The van der Waals surface area contributed by atoms with E-state index in [2.05, 4.69) is 0 Å². The van der Waals surface area contributed by atoms with Gasteiger partial charge in [-0.1, -0.05) is 12.1 Å². The molecule has 0 unspecified atom stereocenters. The molecule has 0 radical (unpaired) electrons. The second-order valence-electron chi connectivity index (χ2n) is 4.62. The fraction of sp³-hybridized carbons (Fsp3) is 0.500. The molecular formula is C14H20O3. The molecule has 0 heterocycles. The molecule has 0 saturated carbocycles. The number of para-hydroxylation sites is 2. The molecule has 0 N–H and O–H groups in total. The fourth-order valence-corrected chi connectivity index (χ4v) is 1.74. The van der Waals surface area contributed by atoms with Gasteiger partial charge in [0.15, 0.2) is 11.5 Å². The van der Waals surface area contributed by atoms with Gasteiger partial charge in [-0.25, -0.2) is 0 Å². The van der Waals surface area contributed by atoms with Gasteiger partial charge in [0.05, 0.1) is 6.61 Å². The van der Waals surface area contributed by atoms with Gasteiger partial charge < -0.3 is 9.47 Å². The summed E-state index contributed by atoms with van der Waals surface area (Å²) < 4.78 is 11.3. The lowest BCUT2D eigenvalue weighted by molar-refractivity contribution is -0.120. The van der Waals surface area contributed by atoms with Crippen molar-refractivity contribution in [3.05, 3.63) is 24.3 Å². The highest BCUT2D eigenvalue weighted by atomic mass is 16.5.